The number of halogens is 1. The van der Waals surface area contributed by atoms with Crippen LogP contribution >= 0.6 is 11.6 Å². The molecular weight excluding hydrogens is 492 g/mol. The fraction of sp³-hybridized carbons (Fsp3) is 0.500. The number of carbonyl (C=O) groups excluding carboxylic acids is 2. The summed E-state index contributed by atoms with van der Waals surface area (Å²) in [6.07, 6.45) is 2.87. The fourth-order valence-corrected chi connectivity index (χ4v) is 5.20. The average molecular weight is 529 g/mol. The van der Waals surface area contributed by atoms with E-state index in [2.05, 4.69) is 17.1 Å². The molecule has 1 unspecified atom stereocenters. The number of nitrogens with zero attached hydrogens (tertiary/aromatic N) is 2. The molecule has 8 nitrogen and oxygen atoms in total. The Bertz CT molecular complexity index is 1090. The second kappa shape index (κ2) is 12.6. The van der Waals surface area contributed by atoms with Crippen LogP contribution in [0.1, 0.15) is 46.0 Å². The number of nitrogens with one attached hydrogen (secondary N) is 1. The third-order valence-corrected chi connectivity index (χ3v) is 7.63. The maximum absolute atomic E-state index is 12.9. The van der Waals surface area contributed by atoms with Crippen molar-refractivity contribution in [1.29, 1.82) is 0 Å². The van der Waals surface area contributed by atoms with Gasteiger partial charge >= 0.3 is 0 Å². The summed E-state index contributed by atoms with van der Waals surface area (Å²) in [6.45, 7) is 7.31. The Kier molecular flexibility index (Phi) is 9.29. The van der Waals surface area contributed by atoms with Gasteiger partial charge in [-0.2, -0.15) is 0 Å². The van der Waals surface area contributed by atoms with Gasteiger partial charge in [0.15, 0.2) is 0 Å². The van der Waals surface area contributed by atoms with Crippen molar-refractivity contribution in [2.75, 3.05) is 58.7 Å². The molecule has 0 aliphatic carbocycles. The lowest BCUT2D eigenvalue weighted by atomic mass is 9.95. The second-order valence-electron chi connectivity index (χ2n) is 9.82. The van der Waals surface area contributed by atoms with Crippen molar-refractivity contribution in [3.8, 4) is 5.75 Å². The van der Waals surface area contributed by atoms with Crippen LogP contribution in [-0.4, -0.2) is 80.7 Å². The predicted octanol–water partition coefficient (Wildman–Crippen LogP) is 3.48. The molecule has 2 saturated heterocycles. The zero-order chi connectivity index (χ0) is 26.4. The topological polar surface area (TPSA) is 97.1 Å². The number of piperidine rings is 1. The molecule has 3 N–H and O–H groups in total. The molecule has 1 atom stereocenters. The normalized spacial score (nSPS) is 19.0. The first-order chi connectivity index (χ1) is 17.9. The SMILES string of the molecule is CCc1ccc(C(=O)N2CCC(CN3CCOC(CNC(=O)c4cc(Cl)c(N)cc4OC)C3)CC2)cc1. The number of ether oxygens (including phenoxy) is 2. The Morgan fingerprint density at radius 2 is 1.89 bits per heavy atom. The van der Waals surface area contributed by atoms with Crippen molar-refractivity contribution in [3.63, 3.8) is 0 Å². The van der Waals surface area contributed by atoms with Gasteiger partial charge in [-0.25, -0.2) is 0 Å². The summed E-state index contributed by atoms with van der Waals surface area (Å²) in [5, 5.41) is 3.25. The van der Waals surface area contributed by atoms with Crippen molar-refractivity contribution >= 4 is 29.1 Å². The predicted molar refractivity (Wildman–Crippen MR) is 145 cm³/mol. The number of anilines is 1. The van der Waals surface area contributed by atoms with E-state index in [1.165, 1.54) is 18.7 Å². The summed E-state index contributed by atoms with van der Waals surface area (Å²) < 4.78 is 11.2. The molecule has 0 aromatic heterocycles. The number of carbonyl (C=O) groups is 2. The van der Waals surface area contributed by atoms with Gasteiger partial charge in [0.2, 0.25) is 0 Å². The Labute approximate surface area is 224 Å². The molecule has 0 bridgehead atoms. The minimum Gasteiger partial charge on any atom is -0.496 e. The van der Waals surface area contributed by atoms with Gasteiger partial charge in [0.1, 0.15) is 5.75 Å². The Morgan fingerprint density at radius 1 is 1.16 bits per heavy atom. The van der Waals surface area contributed by atoms with E-state index in [1.54, 1.807) is 6.07 Å². The first-order valence-corrected chi connectivity index (χ1v) is 13.4. The lowest BCUT2D eigenvalue weighted by molar-refractivity contribution is -0.0332. The monoisotopic (exact) mass is 528 g/mol. The molecule has 37 heavy (non-hydrogen) atoms. The highest BCUT2D eigenvalue weighted by molar-refractivity contribution is 6.33. The molecule has 200 valence electrons. The van der Waals surface area contributed by atoms with E-state index in [0.29, 0.717) is 41.1 Å². The van der Waals surface area contributed by atoms with E-state index in [4.69, 9.17) is 26.8 Å². The van der Waals surface area contributed by atoms with E-state index in [0.717, 1.165) is 57.5 Å². The molecule has 0 radical (unpaired) electrons. The van der Waals surface area contributed by atoms with E-state index >= 15 is 0 Å². The van der Waals surface area contributed by atoms with Crippen LogP contribution in [0, 0.1) is 5.92 Å². The second-order valence-corrected chi connectivity index (χ2v) is 10.2. The van der Waals surface area contributed by atoms with Gasteiger partial charge in [0, 0.05) is 50.9 Å². The van der Waals surface area contributed by atoms with Gasteiger partial charge in [-0.15, -0.1) is 0 Å². The summed E-state index contributed by atoms with van der Waals surface area (Å²) in [7, 11) is 1.49. The summed E-state index contributed by atoms with van der Waals surface area (Å²) in [6, 6.07) is 11.0. The number of methoxy groups -OCH3 is 1. The van der Waals surface area contributed by atoms with Gasteiger partial charge < -0.3 is 25.4 Å². The number of benzene rings is 2. The van der Waals surface area contributed by atoms with Gasteiger partial charge in [-0.1, -0.05) is 30.7 Å². The molecule has 4 rings (SSSR count). The van der Waals surface area contributed by atoms with Gasteiger partial charge in [0.05, 0.1) is 36.1 Å². The maximum Gasteiger partial charge on any atom is 0.255 e. The fourth-order valence-electron chi connectivity index (χ4n) is 5.04. The minimum absolute atomic E-state index is 0.0966. The first kappa shape index (κ1) is 27.2. The number of amides is 2. The molecule has 0 saturated carbocycles. The summed E-state index contributed by atoms with van der Waals surface area (Å²) in [5.74, 6) is 0.776. The van der Waals surface area contributed by atoms with Crippen LogP contribution in [0.5, 0.6) is 5.75 Å². The van der Waals surface area contributed by atoms with E-state index in [9.17, 15) is 9.59 Å². The highest BCUT2D eigenvalue weighted by Gasteiger charge is 2.28. The number of likely N-dealkylation sites (tertiary alicyclic amines) is 1. The van der Waals surface area contributed by atoms with E-state index < -0.39 is 0 Å². The Balaban J connectivity index is 1.23. The molecule has 2 amide bonds. The van der Waals surface area contributed by atoms with E-state index in [-0.39, 0.29) is 17.9 Å². The molecule has 2 aromatic rings. The zero-order valence-corrected chi connectivity index (χ0v) is 22.4. The van der Waals surface area contributed by atoms with Crippen molar-refractivity contribution in [2.45, 2.75) is 32.3 Å². The summed E-state index contributed by atoms with van der Waals surface area (Å²) in [5.41, 5.74) is 8.54. The quantitative estimate of drug-likeness (QED) is 0.509. The molecule has 2 aromatic carbocycles. The third-order valence-electron chi connectivity index (χ3n) is 7.30. The number of nitrogens with two attached hydrogens (primary N) is 1. The number of rotatable bonds is 8. The third kappa shape index (κ3) is 6.94. The van der Waals surface area contributed by atoms with Crippen LogP contribution in [0.4, 0.5) is 5.69 Å². The molecule has 9 heteroatoms. The van der Waals surface area contributed by atoms with Crippen molar-refractivity contribution in [1.82, 2.24) is 15.1 Å². The lowest BCUT2D eigenvalue weighted by Crippen LogP contribution is -2.50. The molecule has 2 fully saturated rings. The lowest BCUT2D eigenvalue weighted by Gasteiger charge is -2.38. The van der Waals surface area contributed by atoms with Gasteiger partial charge in [-0.3, -0.25) is 14.5 Å². The van der Waals surface area contributed by atoms with Crippen LogP contribution in [0.3, 0.4) is 0 Å². The maximum atomic E-state index is 12.9. The smallest absolute Gasteiger partial charge is 0.255 e. The summed E-state index contributed by atoms with van der Waals surface area (Å²) in [4.78, 5) is 30.0. The Morgan fingerprint density at radius 3 is 2.57 bits per heavy atom. The standard InChI is InChI=1S/C28H37ClN4O4/c1-3-19-4-6-21(7-5-19)28(35)33-10-8-20(9-11-33)17-32-12-13-37-22(18-32)16-31-27(34)23-14-24(29)25(30)15-26(23)36-2/h4-7,14-15,20,22H,3,8-13,16-18,30H2,1-2H3,(H,31,34). The van der Waals surface area contributed by atoms with Crippen LogP contribution < -0.4 is 15.8 Å². The largest absolute Gasteiger partial charge is 0.496 e. The molecule has 2 heterocycles. The molecular formula is C28H37ClN4O4. The van der Waals surface area contributed by atoms with Crippen LogP contribution in [0.2, 0.25) is 5.02 Å². The Hall–Kier alpha value is -2.81. The van der Waals surface area contributed by atoms with E-state index in [1.807, 2.05) is 29.2 Å². The number of morpholine rings is 1. The van der Waals surface area contributed by atoms with Crippen molar-refractivity contribution in [2.24, 2.45) is 5.92 Å². The van der Waals surface area contributed by atoms with Gasteiger partial charge in [0.25, 0.3) is 11.8 Å². The van der Waals surface area contributed by atoms with Crippen LogP contribution in [-0.2, 0) is 11.2 Å². The van der Waals surface area contributed by atoms with Gasteiger partial charge in [-0.05, 0) is 48.9 Å². The average Bonchev–Trinajstić information content (AvgIpc) is 2.93. The van der Waals surface area contributed by atoms with Crippen LogP contribution in [0.15, 0.2) is 36.4 Å². The highest BCUT2D eigenvalue weighted by Crippen LogP contribution is 2.29. The van der Waals surface area contributed by atoms with Crippen LogP contribution in [0.25, 0.3) is 0 Å². The first-order valence-electron chi connectivity index (χ1n) is 13.0. The number of hydrogen-bond donors (Lipinski definition) is 2. The number of nitrogen functional groups attached to an aromatic ring is 1. The molecule has 2 aliphatic heterocycles. The zero-order valence-electron chi connectivity index (χ0n) is 21.7. The molecule has 2 aliphatic rings. The van der Waals surface area contributed by atoms with Crippen molar-refractivity contribution in [3.05, 3.63) is 58.1 Å². The van der Waals surface area contributed by atoms with Crippen molar-refractivity contribution < 1.29 is 19.1 Å². The highest BCUT2D eigenvalue weighted by atomic mass is 35.5. The molecule has 0 spiro atoms. The number of aryl methyl sites for hydroxylation is 1. The number of hydrogen-bond acceptors (Lipinski definition) is 6. The summed E-state index contributed by atoms with van der Waals surface area (Å²) >= 11 is 6.10. The minimum atomic E-state index is -0.277.